The predicted octanol–water partition coefficient (Wildman–Crippen LogP) is 2.93. The van der Waals surface area contributed by atoms with Crippen molar-refractivity contribution in [1.82, 2.24) is 0 Å². The van der Waals surface area contributed by atoms with E-state index in [1.807, 2.05) is 38.1 Å². The molecule has 1 aliphatic heterocycles. The average molecular weight is 256 g/mol. The molecule has 0 bridgehead atoms. The molecule has 1 saturated heterocycles. The highest BCUT2D eigenvalue weighted by Crippen LogP contribution is 2.26. The fraction of sp³-hybridized carbons (Fsp3) is 0.538. The van der Waals surface area contributed by atoms with E-state index in [1.54, 1.807) is 0 Å². The van der Waals surface area contributed by atoms with Crippen molar-refractivity contribution in [2.75, 3.05) is 24.8 Å². The fourth-order valence-electron chi connectivity index (χ4n) is 1.98. The molecular formula is C13H18ClNO2. The highest BCUT2D eigenvalue weighted by atomic mass is 35.5. The standard InChI is InChI=1S/C13H18ClNO2/c1-10-7-15(8-11(2)17-9-16-10)13-6-4-3-5-12(13)14/h3-6,10-11H,7-9H2,1-2H3/t10-,11-/m1/s1. The van der Waals surface area contributed by atoms with Crippen molar-refractivity contribution in [3.8, 4) is 0 Å². The Morgan fingerprint density at radius 3 is 2.29 bits per heavy atom. The second-order valence-electron chi connectivity index (χ2n) is 4.43. The Labute approximate surface area is 107 Å². The highest BCUT2D eigenvalue weighted by molar-refractivity contribution is 6.33. The van der Waals surface area contributed by atoms with Crippen molar-refractivity contribution in [2.45, 2.75) is 26.1 Å². The summed E-state index contributed by atoms with van der Waals surface area (Å²) in [6, 6.07) is 7.88. The summed E-state index contributed by atoms with van der Waals surface area (Å²) in [6.45, 7) is 6.12. The zero-order valence-corrected chi connectivity index (χ0v) is 11.0. The minimum absolute atomic E-state index is 0.138. The van der Waals surface area contributed by atoms with Gasteiger partial charge in [-0.1, -0.05) is 23.7 Å². The molecule has 1 aliphatic rings. The first kappa shape index (κ1) is 12.7. The van der Waals surface area contributed by atoms with Crippen LogP contribution in [0.2, 0.25) is 5.02 Å². The van der Waals surface area contributed by atoms with Gasteiger partial charge in [0.05, 0.1) is 22.9 Å². The molecule has 0 radical (unpaired) electrons. The maximum Gasteiger partial charge on any atom is 0.147 e. The molecular weight excluding hydrogens is 238 g/mol. The molecule has 0 spiro atoms. The van der Waals surface area contributed by atoms with Crippen LogP contribution in [0.3, 0.4) is 0 Å². The summed E-state index contributed by atoms with van der Waals surface area (Å²) in [7, 11) is 0. The monoisotopic (exact) mass is 255 g/mol. The summed E-state index contributed by atoms with van der Waals surface area (Å²) < 4.78 is 11.1. The summed E-state index contributed by atoms with van der Waals surface area (Å²) in [4.78, 5) is 2.22. The molecule has 0 saturated carbocycles. The average Bonchev–Trinajstić information content (AvgIpc) is 2.26. The zero-order chi connectivity index (χ0) is 12.3. The second-order valence-corrected chi connectivity index (χ2v) is 4.84. The molecule has 3 nitrogen and oxygen atoms in total. The minimum Gasteiger partial charge on any atom is -0.365 e. The third kappa shape index (κ3) is 3.35. The van der Waals surface area contributed by atoms with Gasteiger partial charge in [0, 0.05) is 13.1 Å². The number of hydrogen-bond donors (Lipinski definition) is 0. The van der Waals surface area contributed by atoms with Gasteiger partial charge in [-0.3, -0.25) is 0 Å². The molecule has 2 atom stereocenters. The van der Waals surface area contributed by atoms with Crippen LogP contribution in [0.5, 0.6) is 0 Å². The lowest BCUT2D eigenvalue weighted by atomic mass is 10.2. The molecule has 0 amide bonds. The summed E-state index contributed by atoms with van der Waals surface area (Å²) in [5.41, 5.74) is 1.04. The lowest BCUT2D eigenvalue weighted by molar-refractivity contribution is -0.113. The quantitative estimate of drug-likeness (QED) is 0.770. The SMILES string of the molecule is C[C@@H]1CN(c2ccccc2Cl)C[C@@H](C)OCO1. The van der Waals surface area contributed by atoms with E-state index in [-0.39, 0.29) is 12.2 Å². The summed E-state index contributed by atoms with van der Waals surface area (Å²) in [6.07, 6.45) is 0.276. The molecule has 17 heavy (non-hydrogen) atoms. The van der Waals surface area contributed by atoms with Gasteiger partial charge in [-0.05, 0) is 26.0 Å². The van der Waals surface area contributed by atoms with Gasteiger partial charge in [-0.2, -0.15) is 0 Å². The molecule has 0 aliphatic carbocycles. The normalized spacial score (nSPS) is 26.4. The molecule has 1 heterocycles. The summed E-state index contributed by atoms with van der Waals surface area (Å²) in [5, 5.41) is 0.771. The molecule has 1 aromatic rings. The number of halogens is 1. The predicted molar refractivity (Wildman–Crippen MR) is 69.6 cm³/mol. The van der Waals surface area contributed by atoms with Gasteiger partial charge in [0.15, 0.2) is 0 Å². The number of rotatable bonds is 1. The maximum atomic E-state index is 6.22. The van der Waals surface area contributed by atoms with Gasteiger partial charge < -0.3 is 14.4 Å². The van der Waals surface area contributed by atoms with E-state index < -0.39 is 0 Å². The van der Waals surface area contributed by atoms with Crippen LogP contribution in [0.15, 0.2) is 24.3 Å². The first-order valence-electron chi connectivity index (χ1n) is 5.89. The van der Waals surface area contributed by atoms with Crippen molar-refractivity contribution in [3.63, 3.8) is 0 Å². The van der Waals surface area contributed by atoms with Crippen LogP contribution in [0.4, 0.5) is 5.69 Å². The van der Waals surface area contributed by atoms with Crippen molar-refractivity contribution >= 4 is 17.3 Å². The van der Waals surface area contributed by atoms with E-state index in [2.05, 4.69) is 4.90 Å². The van der Waals surface area contributed by atoms with E-state index in [1.165, 1.54) is 0 Å². The van der Waals surface area contributed by atoms with Crippen LogP contribution in [0.1, 0.15) is 13.8 Å². The maximum absolute atomic E-state index is 6.22. The number of anilines is 1. The van der Waals surface area contributed by atoms with Crippen molar-refractivity contribution < 1.29 is 9.47 Å². The molecule has 0 aromatic heterocycles. The van der Waals surface area contributed by atoms with Crippen LogP contribution in [0.25, 0.3) is 0 Å². The van der Waals surface area contributed by atoms with Crippen molar-refractivity contribution in [3.05, 3.63) is 29.3 Å². The van der Waals surface area contributed by atoms with E-state index in [4.69, 9.17) is 21.1 Å². The number of hydrogen-bond acceptors (Lipinski definition) is 3. The lowest BCUT2D eigenvalue weighted by Crippen LogP contribution is -2.41. The van der Waals surface area contributed by atoms with Gasteiger partial charge in [0.1, 0.15) is 6.79 Å². The number of benzene rings is 1. The molecule has 0 unspecified atom stereocenters. The smallest absolute Gasteiger partial charge is 0.147 e. The van der Waals surface area contributed by atoms with Gasteiger partial charge in [-0.25, -0.2) is 0 Å². The molecule has 4 heteroatoms. The third-order valence-electron chi connectivity index (χ3n) is 2.85. The van der Waals surface area contributed by atoms with Gasteiger partial charge in [0.2, 0.25) is 0 Å². The molecule has 1 fully saturated rings. The number of para-hydroxylation sites is 1. The third-order valence-corrected chi connectivity index (χ3v) is 3.17. The first-order chi connectivity index (χ1) is 8.16. The first-order valence-corrected chi connectivity index (χ1v) is 6.27. The van der Waals surface area contributed by atoms with Crippen LogP contribution in [-0.2, 0) is 9.47 Å². The molecule has 2 rings (SSSR count). The Morgan fingerprint density at radius 2 is 1.71 bits per heavy atom. The number of ether oxygens (including phenoxy) is 2. The fourth-order valence-corrected chi connectivity index (χ4v) is 2.23. The second kappa shape index (κ2) is 5.71. The Bertz CT molecular complexity index is 360. The van der Waals surface area contributed by atoms with Crippen molar-refractivity contribution in [2.24, 2.45) is 0 Å². The summed E-state index contributed by atoms with van der Waals surface area (Å²) in [5.74, 6) is 0. The Morgan fingerprint density at radius 1 is 1.12 bits per heavy atom. The molecule has 0 N–H and O–H groups in total. The molecule has 1 aromatic carbocycles. The summed E-state index contributed by atoms with van der Waals surface area (Å²) >= 11 is 6.22. The van der Waals surface area contributed by atoms with E-state index >= 15 is 0 Å². The van der Waals surface area contributed by atoms with Gasteiger partial charge in [-0.15, -0.1) is 0 Å². The van der Waals surface area contributed by atoms with E-state index in [0.29, 0.717) is 6.79 Å². The Hall–Kier alpha value is -0.770. The topological polar surface area (TPSA) is 21.7 Å². The number of nitrogens with zero attached hydrogens (tertiary/aromatic N) is 1. The minimum atomic E-state index is 0.138. The Kier molecular flexibility index (Phi) is 4.26. The lowest BCUT2D eigenvalue weighted by Gasteiger charge is -2.33. The van der Waals surface area contributed by atoms with E-state index in [9.17, 15) is 0 Å². The zero-order valence-electron chi connectivity index (χ0n) is 10.2. The largest absolute Gasteiger partial charge is 0.365 e. The van der Waals surface area contributed by atoms with Crippen LogP contribution < -0.4 is 4.90 Å². The van der Waals surface area contributed by atoms with E-state index in [0.717, 1.165) is 23.8 Å². The van der Waals surface area contributed by atoms with Crippen LogP contribution in [-0.4, -0.2) is 32.1 Å². The van der Waals surface area contributed by atoms with Crippen LogP contribution >= 0.6 is 11.6 Å². The van der Waals surface area contributed by atoms with Gasteiger partial charge >= 0.3 is 0 Å². The van der Waals surface area contributed by atoms with Crippen LogP contribution in [0, 0.1) is 0 Å². The Balaban J connectivity index is 2.18. The van der Waals surface area contributed by atoms with Gasteiger partial charge in [0.25, 0.3) is 0 Å². The highest BCUT2D eigenvalue weighted by Gasteiger charge is 2.19. The molecule has 94 valence electrons. The van der Waals surface area contributed by atoms with Crippen molar-refractivity contribution in [1.29, 1.82) is 0 Å².